The summed E-state index contributed by atoms with van der Waals surface area (Å²) in [5.74, 6) is 5.70. The van der Waals surface area contributed by atoms with Gasteiger partial charge in [0.05, 0.1) is 11.7 Å². The molecule has 0 bridgehead atoms. The van der Waals surface area contributed by atoms with Crippen molar-refractivity contribution in [3.63, 3.8) is 0 Å². The zero-order valence-electron chi connectivity index (χ0n) is 10.3. The Kier molecular flexibility index (Phi) is 4.52. The predicted molar refractivity (Wildman–Crippen MR) is 75.8 cm³/mol. The molecule has 3 N–H and O–H groups in total. The van der Waals surface area contributed by atoms with Gasteiger partial charge in [-0.15, -0.1) is 0 Å². The number of hydrazine groups is 1. The maximum Gasteiger partial charge on any atom is 0.0878 e. The molecule has 96 valence electrons. The van der Waals surface area contributed by atoms with Crippen molar-refractivity contribution >= 4 is 15.9 Å². The molecule has 2 aromatic rings. The molecule has 0 fully saturated rings. The number of rotatable bonds is 5. The smallest absolute Gasteiger partial charge is 0.0878 e. The molecule has 0 saturated heterocycles. The van der Waals surface area contributed by atoms with Crippen LogP contribution in [-0.4, -0.2) is 9.78 Å². The molecule has 2 rings (SSSR count). The molecule has 0 saturated carbocycles. The van der Waals surface area contributed by atoms with Crippen molar-refractivity contribution in [2.24, 2.45) is 5.84 Å². The molecule has 0 spiro atoms. The van der Waals surface area contributed by atoms with Crippen LogP contribution in [0.1, 0.15) is 30.6 Å². The van der Waals surface area contributed by atoms with E-state index in [2.05, 4.69) is 45.5 Å². The van der Waals surface area contributed by atoms with E-state index >= 15 is 0 Å². The van der Waals surface area contributed by atoms with Crippen LogP contribution in [-0.2, 0) is 6.54 Å². The third-order valence-corrected chi connectivity index (χ3v) is 3.32. The first-order valence-electron chi connectivity index (χ1n) is 5.99. The maximum atomic E-state index is 5.70. The highest BCUT2D eigenvalue weighted by Gasteiger charge is 2.16. The number of nitrogens with one attached hydrogen (secondary N) is 1. The Bertz CT molecular complexity index is 509. The van der Waals surface area contributed by atoms with Crippen molar-refractivity contribution in [2.45, 2.75) is 25.9 Å². The summed E-state index contributed by atoms with van der Waals surface area (Å²) >= 11 is 3.48. The monoisotopic (exact) mass is 308 g/mol. The lowest BCUT2D eigenvalue weighted by atomic mass is 10.0. The van der Waals surface area contributed by atoms with Crippen molar-refractivity contribution in [2.75, 3.05) is 0 Å². The number of benzene rings is 1. The van der Waals surface area contributed by atoms with Crippen LogP contribution >= 0.6 is 15.9 Å². The van der Waals surface area contributed by atoms with Crippen LogP contribution in [0, 0.1) is 0 Å². The molecule has 0 aliphatic heterocycles. The van der Waals surface area contributed by atoms with Crippen LogP contribution in [0.3, 0.4) is 0 Å². The fourth-order valence-electron chi connectivity index (χ4n) is 2.03. The molecule has 1 heterocycles. The molecule has 0 aliphatic carbocycles. The van der Waals surface area contributed by atoms with Crippen molar-refractivity contribution in [3.05, 3.63) is 52.3 Å². The molecule has 1 unspecified atom stereocenters. The van der Waals surface area contributed by atoms with Crippen molar-refractivity contribution in [1.82, 2.24) is 15.2 Å². The summed E-state index contributed by atoms with van der Waals surface area (Å²) in [6.45, 7) is 3.03. The Morgan fingerprint density at radius 2 is 2.28 bits per heavy atom. The summed E-state index contributed by atoms with van der Waals surface area (Å²) in [7, 11) is 0. The molecule has 4 nitrogen and oxygen atoms in total. The lowest BCUT2D eigenvalue weighted by Crippen LogP contribution is -2.30. The van der Waals surface area contributed by atoms with Gasteiger partial charge in [0.1, 0.15) is 0 Å². The van der Waals surface area contributed by atoms with E-state index in [9.17, 15) is 0 Å². The molecule has 0 aliphatic rings. The van der Waals surface area contributed by atoms with Gasteiger partial charge >= 0.3 is 0 Å². The zero-order valence-corrected chi connectivity index (χ0v) is 11.9. The quantitative estimate of drug-likeness (QED) is 0.659. The lowest BCUT2D eigenvalue weighted by Gasteiger charge is -2.18. The SMILES string of the molecule is CCCn1nccc1C(NN)c1cccc(Br)c1. The summed E-state index contributed by atoms with van der Waals surface area (Å²) < 4.78 is 3.03. The van der Waals surface area contributed by atoms with Crippen LogP contribution in [0.2, 0.25) is 0 Å². The van der Waals surface area contributed by atoms with Gasteiger partial charge in [0.15, 0.2) is 0 Å². The summed E-state index contributed by atoms with van der Waals surface area (Å²) in [6, 6.07) is 10.1. The first-order valence-corrected chi connectivity index (χ1v) is 6.79. The standard InChI is InChI=1S/C13H17BrN4/c1-2-8-18-12(6-7-16-18)13(17-15)10-4-3-5-11(14)9-10/h3-7,9,13,17H,2,8,15H2,1H3. The number of halogens is 1. The minimum absolute atomic E-state index is 0.0449. The van der Waals surface area contributed by atoms with E-state index in [1.165, 1.54) is 0 Å². The number of hydrogen-bond donors (Lipinski definition) is 2. The van der Waals surface area contributed by atoms with Crippen LogP contribution in [0.5, 0.6) is 0 Å². The van der Waals surface area contributed by atoms with E-state index in [0.29, 0.717) is 0 Å². The van der Waals surface area contributed by atoms with Crippen LogP contribution in [0.25, 0.3) is 0 Å². The minimum atomic E-state index is -0.0449. The van der Waals surface area contributed by atoms with Gasteiger partial charge < -0.3 is 0 Å². The summed E-state index contributed by atoms with van der Waals surface area (Å²) in [5.41, 5.74) is 5.06. The zero-order chi connectivity index (χ0) is 13.0. The van der Waals surface area contributed by atoms with Crippen LogP contribution in [0.4, 0.5) is 0 Å². The van der Waals surface area contributed by atoms with E-state index in [0.717, 1.165) is 28.7 Å². The minimum Gasteiger partial charge on any atom is -0.271 e. The van der Waals surface area contributed by atoms with E-state index in [1.54, 1.807) is 0 Å². The second kappa shape index (κ2) is 6.13. The molecule has 1 aromatic heterocycles. The molecule has 0 amide bonds. The largest absolute Gasteiger partial charge is 0.271 e. The average Bonchev–Trinajstić information content (AvgIpc) is 2.79. The molecule has 18 heavy (non-hydrogen) atoms. The van der Waals surface area contributed by atoms with Gasteiger partial charge in [-0.05, 0) is 30.2 Å². The number of aromatic nitrogens is 2. The first kappa shape index (κ1) is 13.3. The Labute approximate surface area is 115 Å². The van der Waals surface area contributed by atoms with Gasteiger partial charge in [0.2, 0.25) is 0 Å². The highest BCUT2D eigenvalue weighted by atomic mass is 79.9. The highest BCUT2D eigenvalue weighted by Crippen LogP contribution is 2.23. The van der Waals surface area contributed by atoms with Gasteiger partial charge in [0.25, 0.3) is 0 Å². The first-order chi connectivity index (χ1) is 8.76. The van der Waals surface area contributed by atoms with Crippen molar-refractivity contribution < 1.29 is 0 Å². The number of nitrogens with zero attached hydrogens (tertiary/aromatic N) is 2. The van der Waals surface area contributed by atoms with Crippen molar-refractivity contribution in [3.8, 4) is 0 Å². The molecular weight excluding hydrogens is 292 g/mol. The lowest BCUT2D eigenvalue weighted by molar-refractivity contribution is 0.521. The van der Waals surface area contributed by atoms with Gasteiger partial charge in [-0.1, -0.05) is 35.0 Å². The van der Waals surface area contributed by atoms with E-state index in [4.69, 9.17) is 5.84 Å². The van der Waals surface area contributed by atoms with Crippen LogP contribution in [0.15, 0.2) is 41.0 Å². The van der Waals surface area contributed by atoms with E-state index < -0.39 is 0 Å². The number of aryl methyl sites for hydroxylation is 1. The molecule has 1 aromatic carbocycles. The van der Waals surface area contributed by atoms with Crippen molar-refractivity contribution in [1.29, 1.82) is 0 Å². The Balaban J connectivity index is 2.36. The van der Waals surface area contributed by atoms with Gasteiger partial charge in [-0.3, -0.25) is 10.5 Å². The molecule has 5 heteroatoms. The van der Waals surface area contributed by atoms with E-state index in [-0.39, 0.29) is 6.04 Å². The topological polar surface area (TPSA) is 55.9 Å². The normalized spacial score (nSPS) is 12.6. The second-order valence-electron chi connectivity index (χ2n) is 4.13. The third kappa shape index (κ3) is 2.80. The van der Waals surface area contributed by atoms with E-state index in [1.807, 2.05) is 29.1 Å². The van der Waals surface area contributed by atoms with Gasteiger partial charge in [-0.2, -0.15) is 5.10 Å². The fourth-order valence-corrected chi connectivity index (χ4v) is 2.44. The Hall–Kier alpha value is -1.17. The van der Waals surface area contributed by atoms with Gasteiger partial charge in [-0.25, -0.2) is 5.43 Å². The molecular formula is C13H17BrN4. The molecule has 0 radical (unpaired) electrons. The molecule has 1 atom stereocenters. The highest BCUT2D eigenvalue weighted by molar-refractivity contribution is 9.10. The Morgan fingerprint density at radius 1 is 1.44 bits per heavy atom. The maximum absolute atomic E-state index is 5.70. The van der Waals surface area contributed by atoms with Gasteiger partial charge in [0, 0.05) is 17.2 Å². The summed E-state index contributed by atoms with van der Waals surface area (Å²) in [6.07, 6.45) is 2.86. The predicted octanol–water partition coefficient (Wildman–Crippen LogP) is 2.61. The summed E-state index contributed by atoms with van der Waals surface area (Å²) in [5, 5.41) is 4.33. The third-order valence-electron chi connectivity index (χ3n) is 2.83. The number of hydrogen-bond acceptors (Lipinski definition) is 3. The number of nitrogens with two attached hydrogens (primary N) is 1. The Morgan fingerprint density at radius 3 is 2.94 bits per heavy atom. The van der Waals surface area contributed by atoms with Crippen LogP contribution < -0.4 is 11.3 Å². The average molecular weight is 309 g/mol. The second-order valence-corrected chi connectivity index (χ2v) is 5.05. The fraction of sp³-hybridized carbons (Fsp3) is 0.308. The summed E-state index contributed by atoms with van der Waals surface area (Å²) in [4.78, 5) is 0.